The molecule has 26 aliphatic rings. The molecule has 20 heteroatoms. The molecule has 140 heavy (non-hydrogen) atoms. The smallest absolute Gasteiger partial charge is 0.344 e. The standard InChI is InChI=1S/2C25H36O4.C24H36O4.C23H34O4.C12H18O2.C11H16O2/c2*1-14(2)23(27)28-13-22(26)29-25(21-9-17-8-18(21)5-15(17)3)19-6-16-7-20(25)12-24(4,10-16)11-19;1-15(2)22(26)27-14-21(25)28-24(18-7-5-16(3)6-8-18)19-9-17-10-20(24)13-23(4,11-17)12-19;1-4-20(24)26-14-21(25)27-23(17-7-5-15(2)6-8-17)18-9-16-10-19(23)13-22(3,11-16)12-18;1-8(2)11(13)14-12(3)7-9-4-5-10(12)6-9;1-3-10(12)13-11(2)7-8-4-5-9(11)6-8/h2*15-21H,1,5-13H2,2-4H3;16-20H,1,5-14H2,2-4H3;4,15-19H,1,5-14H2,2-3H3;9-10H,1,4-7H2,2-3H3;3,8-9H,1,4-7H2,2H3. The van der Waals surface area contributed by atoms with Crippen LogP contribution in [0.3, 0.4) is 0 Å². The number of rotatable bonds is 24. The lowest BCUT2D eigenvalue weighted by Crippen LogP contribution is -2.66. The van der Waals surface area contributed by atoms with E-state index in [9.17, 15) is 47.9 Å². The number of carbonyl (C=O) groups excluding carboxylic acids is 10. The lowest BCUT2D eigenvalue weighted by atomic mass is 9.42. The van der Waals surface area contributed by atoms with Gasteiger partial charge in [-0.3, -0.25) is 0 Å². The summed E-state index contributed by atoms with van der Waals surface area (Å²) >= 11 is 0. The Kier molecular flexibility index (Phi) is 30.2. The molecular formula is C120H176O20. The molecule has 22 unspecified atom stereocenters. The van der Waals surface area contributed by atoms with Crippen LogP contribution in [-0.2, 0) is 95.3 Å². The highest BCUT2D eigenvalue weighted by atomic mass is 16.6. The van der Waals surface area contributed by atoms with Gasteiger partial charge in [-0.15, -0.1) is 0 Å². The van der Waals surface area contributed by atoms with Gasteiger partial charge >= 0.3 is 59.7 Å². The summed E-state index contributed by atoms with van der Waals surface area (Å²) in [6.45, 7) is 50.0. The van der Waals surface area contributed by atoms with Gasteiger partial charge in [-0.25, -0.2) is 47.9 Å². The third kappa shape index (κ3) is 20.8. The molecule has 26 saturated carbocycles. The van der Waals surface area contributed by atoms with E-state index in [4.69, 9.17) is 47.4 Å². The van der Waals surface area contributed by atoms with E-state index in [0.29, 0.717) is 139 Å². The maximum atomic E-state index is 12.9. The van der Waals surface area contributed by atoms with Crippen LogP contribution in [0.5, 0.6) is 0 Å². The lowest BCUT2D eigenvalue weighted by molar-refractivity contribution is -0.250. The van der Waals surface area contributed by atoms with Crippen molar-refractivity contribution in [1.82, 2.24) is 0 Å². The number of hydrogen-bond acceptors (Lipinski definition) is 20. The van der Waals surface area contributed by atoms with E-state index in [2.05, 4.69) is 109 Å². The predicted molar refractivity (Wildman–Crippen MR) is 535 cm³/mol. The van der Waals surface area contributed by atoms with Crippen molar-refractivity contribution in [3.8, 4) is 0 Å². The summed E-state index contributed by atoms with van der Waals surface area (Å²) < 4.78 is 57.2. The van der Waals surface area contributed by atoms with Gasteiger partial charge in [-0.05, 0) is 414 Å². The molecule has 26 rings (SSSR count). The van der Waals surface area contributed by atoms with E-state index in [1.165, 1.54) is 237 Å². The van der Waals surface area contributed by atoms with Gasteiger partial charge in [0.2, 0.25) is 0 Å². The van der Waals surface area contributed by atoms with Gasteiger partial charge in [0.15, 0.2) is 26.4 Å². The summed E-state index contributed by atoms with van der Waals surface area (Å²) in [7, 11) is 0. The van der Waals surface area contributed by atoms with E-state index in [-0.39, 0.29) is 95.8 Å². The minimum Gasteiger partial charge on any atom is -0.456 e. The Bertz CT molecular complexity index is 4540. The van der Waals surface area contributed by atoms with Crippen molar-refractivity contribution in [1.29, 1.82) is 0 Å². The van der Waals surface area contributed by atoms with Crippen LogP contribution in [0.4, 0.5) is 0 Å². The van der Waals surface area contributed by atoms with E-state index >= 15 is 0 Å². The zero-order chi connectivity index (χ0) is 100. The minimum absolute atomic E-state index is 0.186. The van der Waals surface area contributed by atoms with Gasteiger partial charge in [-0.2, -0.15) is 0 Å². The normalized spacial score (nSPS) is 45.9. The maximum Gasteiger partial charge on any atom is 0.344 e. The zero-order valence-corrected chi connectivity index (χ0v) is 88.3. The molecular weight excluding hydrogens is 1760 g/mol. The summed E-state index contributed by atoms with van der Waals surface area (Å²) in [5, 5.41) is 0. The van der Waals surface area contributed by atoms with Crippen molar-refractivity contribution in [2.24, 2.45) is 187 Å². The van der Waals surface area contributed by atoms with E-state index < -0.39 is 23.9 Å². The first-order valence-corrected chi connectivity index (χ1v) is 56.0. The third-order valence-corrected chi connectivity index (χ3v) is 43.0. The molecule has 24 bridgehead atoms. The summed E-state index contributed by atoms with van der Waals surface area (Å²) in [5.74, 6) is 13.9. The van der Waals surface area contributed by atoms with Crippen molar-refractivity contribution in [2.45, 2.75) is 400 Å². The largest absolute Gasteiger partial charge is 0.456 e. The quantitative estimate of drug-likeness (QED) is 0.0494. The molecule has 0 aromatic carbocycles. The van der Waals surface area contributed by atoms with Gasteiger partial charge in [0.25, 0.3) is 0 Å². The highest BCUT2D eigenvalue weighted by Gasteiger charge is 2.73. The van der Waals surface area contributed by atoms with Crippen LogP contribution in [0, 0.1) is 187 Å². The summed E-state index contributed by atoms with van der Waals surface area (Å²) in [4.78, 5) is 121. The molecule has 20 nitrogen and oxygen atoms in total. The summed E-state index contributed by atoms with van der Waals surface area (Å²) in [5.41, 5.74) is 1.52. The molecule has 0 aromatic heterocycles. The molecule has 0 radical (unpaired) electrons. The molecule has 776 valence electrons. The number of esters is 10. The number of carbonyl (C=O) groups is 10. The van der Waals surface area contributed by atoms with Gasteiger partial charge in [0, 0.05) is 93.6 Å². The average molecular weight is 1940 g/mol. The Hall–Kier alpha value is -6.86. The highest BCUT2D eigenvalue weighted by molar-refractivity contribution is 5.90. The Morgan fingerprint density at radius 3 is 0.764 bits per heavy atom. The van der Waals surface area contributed by atoms with Crippen LogP contribution < -0.4 is 0 Å². The topological polar surface area (TPSA) is 263 Å². The zero-order valence-electron chi connectivity index (χ0n) is 88.3. The van der Waals surface area contributed by atoms with Crippen LogP contribution in [0.25, 0.3) is 0 Å². The average Bonchev–Trinajstić information content (AvgIpc) is 1.35. The van der Waals surface area contributed by atoms with Gasteiger partial charge in [-0.1, -0.05) is 121 Å². The number of hydrogen-bond donors (Lipinski definition) is 0. The first-order chi connectivity index (χ1) is 66.1. The molecule has 26 fully saturated rings. The maximum absolute atomic E-state index is 12.9. The molecule has 22 atom stereocenters. The van der Waals surface area contributed by atoms with Crippen molar-refractivity contribution in [2.75, 3.05) is 26.4 Å². The Morgan fingerprint density at radius 2 is 0.521 bits per heavy atom. The second-order valence-corrected chi connectivity index (χ2v) is 53.9. The monoisotopic (exact) mass is 1940 g/mol. The molecule has 0 aliphatic heterocycles. The fraction of sp³-hybridized carbons (Fsp3) is 0.817. The number of ether oxygens (including phenoxy) is 10. The molecule has 0 N–H and O–H groups in total. The first-order valence-electron chi connectivity index (χ1n) is 56.0. The Balaban J connectivity index is 0.000000118. The minimum atomic E-state index is -0.565. The molecule has 0 amide bonds. The van der Waals surface area contributed by atoms with Crippen LogP contribution in [0.2, 0.25) is 0 Å². The second-order valence-electron chi connectivity index (χ2n) is 53.9. The van der Waals surface area contributed by atoms with Crippen molar-refractivity contribution in [3.05, 3.63) is 73.9 Å². The van der Waals surface area contributed by atoms with Gasteiger partial charge in [0.1, 0.15) is 33.6 Å². The van der Waals surface area contributed by atoms with Crippen molar-refractivity contribution < 1.29 is 95.3 Å². The van der Waals surface area contributed by atoms with E-state index in [0.717, 1.165) is 116 Å². The molecule has 0 spiro atoms. The van der Waals surface area contributed by atoms with Crippen molar-refractivity contribution >= 4 is 59.7 Å². The van der Waals surface area contributed by atoms with Crippen LogP contribution in [0.15, 0.2) is 73.9 Å². The van der Waals surface area contributed by atoms with Crippen molar-refractivity contribution in [3.63, 3.8) is 0 Å². The predicted octanol–water partition coefficient (Wildman–Crippen LogP) is 24.5. The van der Waals surface area contributed by atoms with Gasteiger partial charge in [0.05, 0.1) is 0 Å². The van der Waals surface area contributed by atoms with E-state index in [1.807, 2.05) is 0 Å². The van der Waals surface area contributed by atoms with Crippen LogP contribution in [-0.4, -0.2) is 120 Å². The van der Waals surface area contributed by atoms with E-state index in [1.54, 1.807) is 27.7 Å². The highest BCUT2D eigenvalue weighted by Crippen LogP contribution is 2.75. The first kappa shape index (κ1) is 105. The molecule has 0 heterocycles. The molecule has 0 saturated heterocycles. The SMILES string of the molecule is C=C(C)C(=O)OC1(C)CC2CCC1C2.C=C(C)C(=O)OCC(=O)OC1(C2CC3CC2CC3C)C2CC3CC1CC(C)(C3)C2.C=C(C)C(=O)OCC(=O)OC1(C2CC3CC2CC3C)C2CC3CC1CC(C)(C3)C2.C=C(C)C(=O)OCC(=O)OC1(C2CCC(C)CC2)C2CC3CC1CC(C)(C3)C2.C=CC(=O)OC1(C)CC2CCC1C2.C=CC(=O)OCC(=O)OC1(C2CCC(C)CC2)C2CC3CC1CC(C)(C3)C2. The fourth-order valence-corrected chi connectivity index (χ4v) is 38.5. The Labute approximate surface area is 838 Å². The number of fused-ring (bicyclic) bond motifs is 8. The molecule has 26 aliphatic carbocycles. The molecule has 0 aromatic rings. The van der Waals surface area contributed by atoms with Crippen LogP contribution in [0.1, 0.15) is 367 Å². The second kappa shape index (κ2) is 40.4. The summed E-state index contributed by atoms with van der Waals surface area (Å²) in [6.07, 6.45) is 53.9. The Morgan fingerprint density at radius 1 is 0.257 bits per heavy atom. The lowest BCUT2D eigenvalue weighted by Gasteiger charge is -2.66. The third-order valence-electron chi connectivity index (χ3n) is 43.0. The summed E-state index contributed by atoms with van der Waals surface area (Å²) in [6, 6.07) is 0. The van der Waals surface area contributed by atoms with Crippen LogP contribution >= 0.6 is 0 Å². The van der Waals surface area contributed by atoms with Gasteiger partial charge < -0.3 is 47.4 Å². The fourth-order valence-electron chi connectivity index (χ4n) is 38.5.